The lowest BCUT2D eigenvalue weighted by atomic mass is 10.0. The number of benzene rings is 2. The number of nitrogens with zero attached hydrogens (tertiary/aromatic N) is 5. The van der Waals surface area contributed by atoms with Crippen molar-refractivity contribution in [3.63, 3.8) is 0 Å². The van der Waals surface area contributed by atoms with Crippen LogP contribution in [-0.2, 0) is 19.5 Å². The molecule has 1 atom stereocenters. The molecule has 16 nitrogen and oxygen atoms in total. The van der Waals surface area contributed by atoms with Crippen molar-refractivity contribution in [2.24, 2.45) is 0 Å². The van der Waals surface area contributed by atoms with Crippen molar-refractivity contribution in [3.05, 3.63) is 119 Å². The molecule has 0 radical (unpaired) electrons. The fourth-order valence-electron chi connectivity index (χ4n) is 5.51. The number of carbonyl (C=O) groups excluding carboxylic acids is 2. The number of H-pyrrole nitrogens is 1. The third-order valence-electron chi connectivity index (χ3n) is 7.92. The maximum absolute atomic E-state index is 14.4. The van der Waals surface area contributed by atoms with Crippen molar-refractivity contribution in [1.82, 2.24) is 40.4 Å². The van der Waals surface area contributed by atoms with Crippen molar-refractivity contribution < 1.29 is 18.5 Å². The number of fused-ring (bicyclic) bond motifs is 2. The molecule has 0 spiro atoms. The first-order valence-electron chi connectivity index (χ1n) is 14.2. The summed E-state index contributed by atoms with van der Waals surface area (Å²) in [6, 6.07) is 10.7. The van der Waals surface area contributed by atoms with Gasteiger partial charge >= 0.3 is 5.76 Å². The normalized spacial score (nSPS) is 13.9. The van der Waals surface area contributed by atoms with Crippen LogP contribution < -0.4 is 38.3 Å². The Kier molecular flexibility index (Phi) is 7.11. The average molecular weight is 639 g/mol. The number of hydrogen-bond acceptors (Lipinski definition) is 12. The van der Waals surface area contributed by atoms with Crippen LogP contribution in [-0.4, -0.2) is 41.5 Å². The van der Waals surface area contributed by atoms with Gasteiger partial charge in [-0.05, 0) is 47.7 Å². The van der Waals surface area contributed by atoms with E-state index >= 15 is 0 Å². The molecule has 3 aromatic heterocycles. The summed E-state index contributed by atoms with van der Waals surface area (Å²) in [5.41, 5.74) is 6.93. The molecule has 236 valence electrons. The van der Waals surface area contributed by atoms with E-state index in [1.54, 1.807) is 6.07 Å². The van der Waals surface area contributed by atoms with Crippen LogP contribution in [0.1, 0.15) is 55.7 Å². The van der Waals surface area contributed by atoms with Crippen LogP contribution in [0.3, 0.4) is 0 Å². The summed E-state index contributed by atoms with van der Waals surface area (Å²) in [4.78, 5) is 71.8. The molecule has 0 saturated carbocycles. The van der Waals surface area contributed by atoms with Gasteiger partial charge in [0.2, 0.25) is 0 Å². The molecule has 0 fully saturated rings. The average Bonchev–Trinajstić information content (AvgIpc) is 3.83. The van der Waals surface area contributed by atoms with Crippen LogP contribution in [0.2, 0.25) is 0 Å². The van der Waals surface area contributed by atoms with Crippen molar-refractivity contribution >= 4 is 29.0 Å². The SMILES string of the molecule is Nc1c(NCc2cc(CNC(=O)c3cc(C(=O)N[C@H]4CCc5cc(-c6noc(=O)[nH]6)ccc54)n4ncnc4n3)ccc2F)c(=O)c1=O. The summed E-state index contributed by atoms with van der Waals surface area (Å²) in [6.07, 6.45) is 2.50. The molecule has 7 rings (SSSR count). The number of nitrogens with one attached hydrogen (secondary N) is 4. The summed E-state index contributed by atoms with van der Waals surface area (Å²) in [6.45, 7) is -0.125. The highest BCUT2D eigenvalue weighted by molar-refractivity contribution is 5.98. The number of carbonyl (C=O) groups is 2. The molecule has 3 heterocycles. The maximum atomic E-state index is 14.4. The van der Waals surface area contributed by atoms with E-state index in [0.29, 0.717) is 29.8 Å². The Balaban J connectivity index is 1.05. The zero-order valence-electron chi connectivity index (χ0n) is 24.2. The minimum atomic E-state index is -0.786. The van der Waals surface area contributed by atoms with Gasteiger partial charge in [0.25, 0.3) is 28.4 Å². The van der Waals surface area contributed by atoms with E-state index < -0.39 is 34.2 Å². The summed E-state index contributed by atoms with van der Waals surface area (Å²) in [7, 11) is 0. The molecular weight excluding hydrogens is 615 g/mol. The molecule has 0 bridgehead atoms. The van der Waals surface area contributed by atoms with Gasteiger partial charge in [0.1, 0.15) is 34.9 Å². The maximum Gasteiger partial charge on any atom is 0.439 e. The summed E-state index contributed by atoms with van der Waals surface area (Å²) < 4.78 is 20.2. The number of aromatic amines is 1. The van der Waals surface area contributed by atoms with Crippen molar-refractivity contribution in [2.45, 2.75) is 32.0 Å². The highest BCUT2D eigenvalue weighted by Gasteiger charge is 2.27. The van der Waals surface area contributed by atoms with Crippen LogP contribution in [0.4, 0.5) is 15.8 Å². The molecule has 6 aromatic rings. The number of anilines is 2. The second kappa shape index (κ2) is 11.4. The highest BCUT2D eigenvalue weighted by atomic mass is 19.1. The van der Waals surface area contributed by atoms with E-state index in [1.807, 2.05) is 12.1 Å². The predicted octanol–water partition coefficient (Wildman–Crippen LogP) is 0.744. The number of amides is 2. The van der Waals surface area contributed by atoms with Crippen molar-refractivity contribution in [3.8, 4) is 11.4 Å². The molecule has 1 aliphatic rings. The highest BCUT2D eigenvalue weighted by Crippen LogP contribution is 2.33. The zero-order valence-corrected chi connectivity index (χ0v) is 24.2. The minimum Gasteiger partial charge on any atom is -0.394 e. The number of hydrogen-bond donors (Lipinski definition) is 5. The zero-order chi connectivity index (χ0) is 32.8. The molecule has 3 aromatic carbocycles. The first-order chi connectivity index (χ1) is 22.7. The Labute approximate surface area is 261 Å². The molecular formula is C30H23FN10O6. The summed E-state index contributed by atoms with van der Waals surface area (Å²) in [5, 5.41) is 16.2. The Bertz CT molecular complexity index is 2350. The monoisotopic (exact) mass is 638 g/mol. The molecule has 2 amide bonds. The van der Waals surface area contributed by atoms with E-state index in [9.17, 15) is 28.4 Å². The third kappa shape index (κ3) is 5.39. The number of aryl methyl sites for hydroxylation is 1. The van der Waals surface area contributed by atoms with E-state index in [-0.39, 0.29) is 53.2 Å². The standard InChI is InChI=1S/C30H23FN10O6/c31-18-5-1-13(7-16(18)11-33-23-22(32)24(42)25(23)43)10-34-27(44)20-9-21(41-29(38-20)35-12-36-41)28(45)37-19-6-3-14-8-15(2-4-17(14)19)26-39-30(46)47-40-26/h1-2,4-5,7-9,12,19,33H,3,6,10-11,32H2,(H,34,44)(H,37,45)(H,39,40,46)/t19-/m0/s1. The first kappa shape index (κ1) is 29.2. The second-order valence-electron chi connectivity index (χ2n) is 10.8. The quantitative estimate of drug-likeness (QED) is 0.138. The first-order valence-corrected chi connectivity index (χ1v) is 14.2. The minimum absolute atomic E-state index is 0.0154. The number of aromatic nitrogens is 6. The molecule has 0 aliphatic heterocycles. The Morgan fingerprint density at radius 2 is 1.91 bits per heavy atom. The number of halogens is 1. The van der Waals surface area contributed by atoms with Crippen molar-refractivity contribution in [2.75, 3.05) is 11.1 Å². The van der Waals surface area contributed by atoms with E-state index in [4.69, 9.17) is 5.73 Å². The van der Waals surface area contributed by atoms with Gasteiger partial charge in [-0.3, -0.25) is 28.7 Å². The molecule has 17 heteroatoms. The van der Waals surface area contributed by atoms with Gasteiger partial charge in [-0.1, -0.05) is 23.4 Å². The topological polar surface area (TPSA) is 232 Å². The molecule has 1 aliphatic carbocycles. The van der Waals surface area contributed by atoms with E-state index in [1.165, 1.54) is 35.1 Å². The molecule has 0 saturated heterocycles. The number of nitrogen functional groups attached to an aromatic ring is 1. The van der Waals surface area contributed by atoms with Crippen LogP contribution in [0.15, 0.2) is 67.7 Å². The molecule has 47 heavy (non-hydrogen) atoms. The Hall–Kier alpha value is -6.52. The predicted molar refractivity (Wildman–Crippen MR) is 163 cm³/mol. The van der Waals surface area contributed by atoms with Gasteiger partial charge in [-0.2, -0.15) is 14.6 Å². The van der Waals surface area contributed by atoms with E-state index in [0.717, 1.165) is 11.1 Å². The fourth-order valence-corrected chi connectivity index (χ4v) is 5.51. The van der Waals surface area contributed by atoms with Crippen molar-refractivity contribution in [1.29, 1.82) is 0 Å². The van der Waals surface area contributed by atoms with Crippen LogP contribution in [0.5, 0.6) is 0 Å². The molecule has 0 unspecified atom stereocenters. The van der Waals surface area contributed by atoms with Gasteiger partial charge in [0, 0.05) is 30.3 Å². The number of rotatable bonds is 9. The van der Waals surface area contributed by atoms with Gasteiger partial charge < -0.3 is 21.7 Å². The van der Waals surface area contributed by atoms with Gasteiger partial charge in [-0.25, -0.2) is 14.2 Å². The smallest absolute Gasteiger partial charge is 0.394 e. The van der Waals surface area contributed by atoms with E-state index in [2.05, 4.69) is 45.7 Å². The second-order valence-corrected chi connectivity index (χ2v) is 10.8. The van der Waals surface area contributed by atoms with Gasteiger partial charge in [-0.15, -0.1) is 0 Å². The van der Waals surface area contributed by atoms with Crippen LogP contribution in [0, 0.1) is 5.82 Å². The van der Waals surface area contributed by atoms with Crippen LogP contribution >= 0.6 is 0 Å². The Morgan fingerprint density at radius 3 is 2.70 bits per heavy atom. The summed E-state index contributed by atoms with van der Waals surface area (Å²) >= 11 is 0. The third-order valence-corrected chi connectivity index (χ3v) is 7.92. The largest absolute Gasteiger partial charge is 0.439 e. The fraction of sp³-hybridized carbons (Fsp3) is 0.167. The van der Waals surface area contributed by atoms with Crippen LogP contribution in [0.25, 0.3) is 17.2 Å². The van der Waals surface area contributed by atoms with Gasteiger partial charge in [0.15, 0.2) is 5.82 Å². The molecule has 6 N–H and O–H groups in total. The number of nitrogens with two attached hydrogens (primary N) is 1. The lowest BCUT2D eigenvalue weighted by molar-refractivity contribution is 0.0929. The Morgan fingerprint density at radius 1 is 1.06 bits per heavy atom. The summed E-state index contributed by atoms with van der Waals surface area (Å²) in [5.74, 6) is -1.99. The van der Waals surface area contributed by atoms with Gasteiger partial charge in [0.05, 0.1) is 6.04 Å². The lowest BCUT2D eigenvalue weighted by Gasteiger charge is -2.15. The lowest BCUT2D eigenvalue weighted by Crippen LogP contribution is -2.37.